The number of likely N-dealkylation sites (tertiary alicyclic amines) is 1. The summed E-state index contributed by atoms with van der Waals surface area (Å²) >= 11 is 0. The first-order chi connectivity index (χ1) is 12.6. The van der Waals surface area contributed by atoms with Crippen molar-refractivity contribution in [3.63, 3.8) is 0 Å². The topological polar surface area (TPSA) is 38.3 Å². The maximum atomic E-state index is 12.7. The summed E-state index contributed by atoms with van der Waals surface area (Å²) in [6, 6.07) is 10.8. The maximum Gasteiger partial charge on any atom is 0.224 e. The number of nitrogens with one attached hydrogen (secondary N) is 1. The molecule has 3 fully saturated rings. The Bertz CT molecular complexity index is 618. The van der Waals surface area contributed by atoms with Gasteiger partial charge in [0.25, 0.3) is 0 Å². The van der Waals surface area contributed by atoms with E-state index < -0.39 is 0 Å². The fraction of sp³-hybridized carbons (Fsp3) is 0.682. The van der Waals surface area contributed by atoms with Crippen LogP contribution >= 0.6 is 0 Å². The van der Waals surface area contributed by atoms with Crippen molar-refractivity contribution in [3.05, 3.63) is 35.9 Å². The van der Waals surface area contributed by atoms with Crippen LogP contribution in [0.5, 0.6) is 0 Å². The summed E-state index contributed by atoms with van der Waals surface area (Å²) in [6.07, 6.45) is 8.76. The first-order valence-corrected chi connectivity index (χ1v) is 10.4. The molecular weight excluding hydrogens is 324 g/mol. The lowest BCUT2D eigenvalue weighted by atomic mass is 9.76. The minimum Gasteiger partial charge on any atom is -0.375 e. The van der Waals surface area contributed by atoms with Gasteiger partial charge in [-0.1, -0.05) is 30.3 Å². The van der Waals surface area contributed by atoms with Crippen LogP contribution in [0.25, 0.3) is 0 Å². The summed E-state index contributed by atoms with van der Waals surface area (Å²) in [7, 11) is 2.40. The molecule has 3 aliphatic rings. The largest absolute Gasteiger partial charge is 0.375 e. The van der Waals surface area contributed by atoms with Crippen LogP contribution in [0.2, 0.25) is 0 Å². The third-order valence-electron chi connectivity index (χ3n) is 7.08. The molecule has 1 amide bonds. The highest BCUT2D eigenvalue weighted by Crippen LogP contribution is 2.43. The van der Waals surface area contributed by atoms with Crippen molar-refractivity contribution in [3.8, 4) is 0 Å². The second-order valence-electron chi connectivity index (χ2n) is 8.92. The van der Waals surface area contributed by atoms with Crippen LogP contribution in [-0.2, 0) is 16.0 Å². The van der Waals surface area contributed by atoms with Crippen molar-refractivity contribution < 1.29 is 14.0 Å². The van der Waals surface area contributed by atoms with Gasteiger partial charge in [0.2, 0.25) is 5.91 Å². The molecule has 4 rings (SSSR count). The molecule has 2 heterocycles. The molecular formula is C22H33N2O2+. The van der Waals surface area contributed by atoms with Crippen molar-refractivity contribution in [2.75, 3.05) is 26.7 Å². The zero-order chi connectivity index (χ0) is 18.0. The fourth-order valence-corrected chi connectivity index (χ4v) is 5.60. The number of hydrogen-bond donors (Lipinski definition) is 1. The zero-order valence-corrected chi connectivity index (χ0v) is 16.1. The second-order valence-corrected chi connectivity index (χ2v) is 8.92. The quantitative estimate of drug-likeness (QED) is 0.841. The van der Waals surface area contributed by atoms with E-state index in [1.54, 1.807) is 0 Å². The smallest absolute Gasteiger partial charge is 0.224 e. The van der Waals surface area contributed by atoms with Gasteiger partial charge in [0.1, 0.15) is 6.04 Å². The van der Waals surface area contributed by atoms with Crippen molar-refractivity contribution in [2.24, 2.45) is 0 Å². The van der Waals surface area contributed by atoms with Crippen molar-refractivity contribution >= 4 is 5.91 Å². The van der Waals surface area contributed by atoms with Gasteiger partial charge >= 0.3 is 0 Å². The summed E-state index contributed by atoms with van der Waals surface area (Å²) in [4.78, 5) is 12.7. The van der Waals surface area contributed by atoms with Crippen LogP contribution in [-0.4, -0.2) is 54.8 Å². The Morgan fingerprint density at radius 3 is 2.65 bits per heavy atom. The molecule has 4 heteroatoms. The number of benzene rings is 1. The molecule has 1 aliphatic carbocycles. The monoisotopic (exact) mass is 357 g/mol. The molecule has 2 saturated heterocycles. The Labute approximate surface area is 157 Å². The van der Waals surface area contributed by atoms with Crippen molar-refractivity contribution in [2.45, 2.75) is 69.1 Å². The third kappa shape index (κ3) is 3.67. The number of likely N-dealkylation sites (N-methyl/N-ethyl adjacent to an activating group) is 1. The Hall–Kier alpha value is -1.39. The molecule has 3 atom stereocenters. The number of nitrogens with zero attached hydrogens (tertiary/aromatic N) is 1. The molecule has 26 heavy (non-hydrogen) atoms. The number of carbonyl (C=O) groups is 1. The van der Waals surface area contributed by atoms with Gasteiger partial charge in [0.05, 0.1) is 38.2 Å². The lowest BCUT2D eigenvalue weighted by Gasteiger charge is -2.49. The molecule has 142 valence electrons. The van der Waals surface area contributed by atoms with Gasteiger partial charge in [0.15, 0.2) is 0 Å². The summed E-state index contributed by atoms with van der Waals surface area (Å²) in [5.74, 6) is 0.167. The van der Waals surface area contributed by atoms with Crippen LogP contribution in [0, 0.1) is 0 Å². The second kappa shape index (κ2) is 7.32. The van der Waals surface area contributed by atoms with Crippen LogP contribution in [0.15, 0.2) is 30.3 Å². The van der Waals surface area contributed by atoms with E-state index in [9.17, 15) is 4.79 Å². The fourth-order valence-electron chi connectivity index (χ4n) is 5.60. The zero-order valence-electron chi connectivity index (χ0n) is 16.1. The molecule has 1 aromatic rings. The minimum atomic E-state index is 0.0924. The molecule has 1 saturated carbocycles. The standard InChI is InChI=1S/C22H32N2O2/c1-24(13-5-6-14-24)20-17-22(11-7-15-26-22)12-10-19(20)23-21(25)16-18-8-3-2-4-9-18/h2-4,8-9,19-20H,5-7,10-17H2,1H3/p+1/t19-,20-,22-/m1/s1. The normalized spacial score (nSPS) is 33.4. The lowest BCUT2D eigenvalue weighted by molar-refractivity contribution is -0.925. The minimum absolute atomic E-state index is 0.0924. The Morgan fingerprint density at radius 2 is 1.96 bits per heavy atom. The Kier molecular flexibility index (Phi) is 5.07. The molecule has 2 aliphatic heterocycles. The average Bonchev–Trinajstić information content (AvgIpc) is 3.28. The van der Waals surface area contributed by atoms with E-state index in [-0.39, 0.29) is 17.6 Å². The maximum absolute atomic E-state index is 12.7. The first kappa shape index (κ1) is 18.0. The predicted octanol–water partition coefficient (Wildman–Crippen LogP) is 3.06. The van der Waals surface area contributed by atoms with Gasteiger partial charge in [0, 0.05) is 25.9 Å². The van der Waals surface area contributed by atoms with Crippen LogP contribution in [0.1, 0.15) is 50.5 Å². The number of hydrogen-bond acceptors (Lipinski definition) is 2. The van der Waals surface area contributed by atoms with Gasteiger partial charge in [-0.15, -0.1) is 0 Å². The summed E-state index contributed by atoms with van der Waals surface area (Å²) < 4.78 is 7.35. The van der Waals surface area contributed by atoms with Crippen molar-refractivity contribution in [1.82, 2.24) is 5.32 Å². The Morgan fingerprint density at radius 1 is 1.19 bits per heavy atom. The summed E-state index contributed by atoms with van der Waals surface area (Å²) in [5, 5.41) is 3.42. The van der Waals surface area contributed by atoms with Crippen LogP contribution < -0.4 is 5.32 Å². The van der Waals surface area contributed by atoms with E-state index in [1.165, 1.54) is 38.8 Å². The number of carbonyl (C=O) groups excluding carboxylic acids is 1. The van der Waals surface area contributed by atoms with Crippen LogP contribution in [0.3, 0.4) is 0 Å². The van der Waals surface area contributed by atoms with Gasteiger partial charge in [-0.2, -0.15) is 0 Å². The van der Waals surface area contributed by atoms with Gasteiger partial charge in [-0.25, -0.2) is 0 Å². The lowest BCUT2D eigenvalue weighted by Crippen LogP contribution is -2.64. The Balaban J connectivity index is 1.47. The van der Waals surface area contributed by atoms with E-state index in [4.69, 9.17) is 4.74 Å². The molecule has 4 nitrogen and oxygen atoms in total. The van der Waals surface area contributed by atoms with E-state index in [2.05, 4.69) is 12.4 Å². The van der Waals surface area contributed by atoms with Gasteiger partial charge < -0.3 is 14.5 Å². The van der Waals surface area contributed by atoms with Gasteiger partial charge in [-0.05, 0) is 31.2 Å². The third-order valence-corrected chi connectivity index (χ3v) is 7.08. The molecule has 1 aromatic carbocycles. The van der Waals surface area contributed by atoms with Gasteiger partial charge in [-0.3, -0.25) is 4.79 Å². The highest BCUT2D eigenvalue weighted by molar-refractivity contribution is 5.78. The molecule has 1 spiro atoms. The number of rotatable bonds is 4. The predicted molar refractivity (Wildman–Crippen MR) is 103 cm³/mol. The highest BCUT2D eigenvalue weighted by Gasteiger charge is 2.51. The molecule has 1 N–H and O–H groups in total. The number of quaternary nitrogens is 1. The highest BCUT2D eigenvalue weighted by atomic mass is 16.5. The SMILES string of the molecule is C[N+]1([C@@H]2C[C@@]3(CCCO3)CC[C@H]2NC(=O)Cc2ccccc2)CCCC1. The number of amides is 1. The van der Waals surface area contributed by atoms with Crippen LogP contribution in [0.4, 0.5) is 0 Å². The summed E-state index contributed by atoms with van der Waals surface area (Å²) in [5.41, 5.74) is 1.18. The summed E-state index contributed by atoms with van der Waals surface area (Å²) in [6.45, 7) is 3.40. The van der Waals surface area contributed by atoms with Crippen molar-refractivity contribution in [1.29, 1.82) is 0 Å². The first-order valence-electron chi connectivity index (χ1n) is 10.4. The molecule has 0 radical (unpaired) electrons. The average molecular weight is 358 g/mol. The molecule has 0 bridgehead atoms. The number of ether oxygens (including phenoxy) is 1. The van der Waals surface area contributed by atoms with E-state index >= 15 is 0 Å². The van der Waals surface area contributed by atoms with E-state index in [0.29, 0.717) is 12.5 Å². The van der Waals surface area contributed by atoms with E-state index in [0.717, 1.165) is 35.9 Å². The molecule has 0 unspecified atom stereocenters. The molecule has 0 aromatic heterocycles. The van der Waals surface area contributed by atoms with E-state index in [1.807, 2.05) is 30.3 Å².